The highest BCUT2D eigenvalue weighted by atomic mass is 35.5. The zero-order valence-corrected chi connectivity index (χ0v) is 12.2. The van der Waals surface area contributed by atoms with Crippen LogP contribution < -0.4 is 11.1 Å². The molecular weight excluding hydrogens is 282 g/mol. The van der Waals surface area contributed by atoms with Gasteiger partial charge in [0.05, 0.1) is 5.69 Å². The molecule has 1 heterocycles. The Balaban J connectivity index is 2.24. The van der Waals surface area contributed by atoms with Crippen molar-refractivity contribution < 1.29 is 4.52 Å². The second kappa shape index (κ2) is 5.59. The first-order valence-corrected chi connectivity index (χ1v) is 6.52. The van der Waals surface area contributed by atoms with E-state index in [0.29, 0.717) is 16.6 Å². The maximum atomic E-state index is 5.99. The summed E-state index contributed by atoms with van der Waals surface area (Å²) in [6, 6.07) is 5.37. The first-order chi connectivity index (χ1) is 8.99. The Hall–Kier alpha value is -1.59. The number of hydrogen-bond acceptors (Lipinski definition) is 4. The predicted molar refractivity (Wildman–Crippen MR) is 80.6 cm³/mol. The van der Waals surface area contributed by atoms with Crippen LogP contribution in [0.3, 0.4) is 0 Å². The molecule has 0 radical (unpaired) electrons. The Morgan fingerprint density at radius 1 is 1.47 bits per heavy atom. The number of nitrogens with zero attached hydrogens (tertiary/aromatic N) is 1. The lowest BCUT2D eigenvalue weighted by atomic mass is 10.1. The van der Waals surface area contributed by atoms with Crippen LogP contribution in [0.2, 0.25) is 5.02 Å². The molecule has 6 heteroatoms. The lowest BCUT2D eigenvalue weighted by molar-refractivity contribution is 0.392. The summed E-state index contributed by atoms with van der Waals surface area (Å²) in [6.07, 6.45) is 0. The zero-order valence-electron chi connectivity index (χ0n) is 10.7. The van der Waals surface area contributed by atoms with E-state index in [2.05, 4.69) is 10.5 Å². The molecule has 0 bridgehead atoms. The van der Waals surface area contributed by atoms with Crippen LogP contribution in [-0.2, 0) is 6.54 Å². The van der Waals surface area contributed by atoms with E-state index < -0.39 is 0 Å². The van der Waals surface area contributed by atoms with Crippen LogP contribution in [0.4, 0.5) is 5.69 Å². The van der Waals surface area contributed by atoms with Gasteiger partial charge in [-0.1, -0.05) is 29.0 Å². The van der Waals surface area contributed by atoms with Gasteiger partial charge < -0.3 is 15.6 Å². The fourth-order valence-corrected chi connectivity index (χ4v) is 2.17. The first kappa shape index (κ1) is 13.8. The van der Waals surface area contributed by atoms with Gasteiger partial charge in [0.25, 0.3) is 0 Å². The molecule has 0 spiro atoms. The standard InChI is InChI=1S/C13H14ClN3OS/c1-7-11(8(2)18-17-7)6-16-12-5-9(14)3-4-10(12)13(15)19/h3-5,16H,6H2,1-2H3,(H2,15,19). The summed E-state index contributed by atoms with van der Waals surface area (Å²) in [5, 5.41) is 7.81. The number of thiocarbonyl (C=S) groups is 1. The largest absolute Gasteiger partial charge is 0.389 e. The summed E-state index contributed by atoms with van der Waals surface area (Å²) in [5.74, 6) is 0.795. The van der Waals surface area contributed by atoms with Gasteiger partial charge in [0, 0.05) is 28.4 Å². The van der Waals surface area contributed by atoms with E-state index in [9.17, 15) is 0 Å². The minimum atomic E-state index is 0.331. The monoisotopic (exact) mass is 295 g/mol. The van der Waals surface area contributed by atoms with Crippen molar-refractivity contribution in [3.63, 3.8) is 0 Å². The normalized spacial score (nSPS) is 10.5. The molecule has 0 aliphatic heterocycles. The van der Waals surface area contributed by atoms with E-state index in [1.54, 1.807) is 18.2 Å². The number of nitrogens with two attached hydrogens (primary N) is 1. The lowest BCUT2D eigenvalue weighted by Gasteiger charge is -2.11. The number of rotatable bonds is 4. The molecule has 0 amide bonds. The maximum Gasteiger partial charge on any atom is 0.138 e. The second-order valence-electron chi connectivity index (χ2n) is 4.21. The molecule has 0 saturated carbocycles. The highest BCUT2D eigenvalue weighted by Gasteiger charge is 2.11. The highest BCUT2D eigenvalue weighted by Crippen LogP contribution is 2.23. The number of aromatic nitrogens is 1. The molecule has 1 aromatic heterocycles. The van der Waals surface area contributed by atoms with E-state index >= 15 is 0 Å². The Morgan fingerprint density at radius 3 is 2.79 bits per heavy atom. The molecule has 0 aliphatic rings. The van der Waals surface area contributed by atoms with E-state index in [1.165, 1.54) is 0 Å². The third-order valence-corrected chi connectivity index (χ3v) is 3.34. The molecule has 3 N–H and O–H groups in total. The van der Waals surface area contributed by atoms with Crippen LogP contribution in [0.25, 0.3) is 0 Å². The van der Waals surface area contributed by atoms with E-state index in [-0.39, 0.29) is 0 Å². The van der Waals surface area contributed by atoms with Gasteiger partial charge >= 0.3 is 0 Å². The van der Waals surface area contributed by atoms with Gasteiger partial charge in [0.2, 0.25) is 0 Å². The molecule has 100 valence electrons. The topological polar surface area (TPSA) is 64.1 Å². The number of anilines is 1. The molecule has 0 saturated heterocycles. The molecule has 2 rings (SSSR count). The van der Waals surface area contributed by atoms with Gasteiger partial charge in [-0.25, -0.2) is 0 Å². The summed E-state index contributed by atoms with van der Waals surface area (Å²) >= 11 is 11.0. The van der Waals surface area contributed by atoms with Crippen molar-refractivity contribution in [3.05, 3.63) is 45.8 Å². The van der Waals surface area contributed by atoms with Crippen molar-refractivity contribution in [3.8, 4) is 0 Å². The Kier molecular flexibility index (Phi) is 4.07. The van der Waals surface area contributed by atoms with E-state index in [4.69, 9.17) is 34.1 Å². The lowest BCUT2D eigenvalue weighted by Crippen LogP contribution is -2.13. The molecule has 0 atom stereocenters. The smallest absolute Gasteiger partial charge is 0.138 e. The molecule has 0 aliphatic carbocycles. The van der Waals surface area contributed by atoms with Crippen LogP contribution in [0.15, 0.2) is 22.7 Å². The van der Waals surface area contributed by atoms with Crippen molar-refractivity contribution >= 4 is 34.5 Å². The Morgan fingerprint density at radius 2 is 2.21 bits per heavy atom. The van der Waals surface area contributed by atoms with E-state index in [1.807, 2.05) is 13.8 Å². The Labute approximate surface area is 121 Å². The SMILES string of the molecule is Cc1noc(C)c1CNc1cc(Cl)ccc1C(N)=S. The third-order valence-electron chi connectivity index (χ3n) is 2.88. The molecule has 2 aromatic rings. The zero-order chi connectivity index (χ0) is 14.0. The van der Waals surface area contributed by atoms with Gasteiger partial charge in [-0.2, -0.15) is 0 Å². The number of aryl methyl sites for hydroxylation is 2. The van der Waals surface area contributed by atoms with Crippen molar-refractivity contribution in [2.24, 2.45) is 5.73 Å². The summed E-state index contributed by atoms with van der Waals surface area (Å²) in [4.78, 5) is 0.331. The number of hydrogen-bond donors (Lipinski definition) is 2. The third kappa shape index (κ3) is 3.05. The average molecular weight is 296 g/mol. The summed E-state index contributed by atoms with van der Waals surface area (Å²) in [5.41, 5.74) is 9.15. The van der Waals surface area contributed by atoms with Gasteiger partial charge in [0.1, 0.15) is 10.7 Å². The molecular formula is C13H14ClN3OS. The van der Waals surface area contributed by atoms with Gasteiger partial charge in [-0.15, -0.1) is 0 Å². The number of nitrogens with one attached hydrogen (secondary N) is 1. The average Bonchev–Trinajstić information content (AvgIpc) is 2.66. The van der Waals surface area contributed by atoms with Gasteiger partial charge in [0.15, 0.2) is 0 Å². The number of halogens is 1. The number of benzene rings is 1. The van der Waals surface area contributed by atoms with Gasteiger partial charge in [-0.05, 0) is 32.0 Å². The predicted octanol–water partition coefficient (Wildman–Crippen LogP) is 3.19. The summed E-state index contributed by atoms with van der Waals surface area (Å²) in [7, 11) is 0. The van der Waals surface area contributed by atoms with Crippen LogP contribution >= 0.6 is 23.8 Å². The van der Waals surface area contributed by atoms with Gasteiger partial charge in [-0.3, -0.25) is 0 Å². The minimum absolute atomic E-state index is 0.331. The Bertz CT molecular complexity index is 605. The highest BCUT2D eigenvalue weighted by molar-refractivity contribution is 7.80. The van der Waals surface area contributed by atoms with Crippen LogP contribution in [0, 0.1) is 13.8 Å². The maximum absolute atomic E-state index is 5.99. The van der Waals surface area contributed by atoms with Crippen molar-refractivity contribution in [1.29, 1.82) is 0 Å². The first-order valence-electron chi connectivity index (χ1n) is 5.74. The molecule has 0 fully saturated rings. The fourth-order valence-electron chi connectivity index (χ4n) is 1.82. The molecule has 0 unspecified atom stereocenters. The summed E-state index contributed by atoms with van der Waals surface area (Å²) in [6.45, 7) is 4.36. The summed E-state index contributed by atoms with van der Waals surface area (Å²) < 4.78 is 5.12. The van der Waals surface area contributed by atoms with Crippen LogP contribution in [-0.4, -0.2) is 10.1 Å². The molecule has 4 nitrogen and oxygen atoms in total. The molecule has 1 aromatic carbocycles. The van der Waals surface area contributed by atoms with Crippen LogP contribution in [0.1, 0.15) is 22.6 Å². The van der Waals surface area contributed by atoms with Crippen molar-refractivity contribution in [2.75, 3.05) is 5.32 Å². The van der Waals surface area contributed by atoms with Crippen molar-refractivity contribution in [2.45, 2.75) is 20.4 Å². The van der Waals surface area contributed by atoms with Crippen LogP contribution in [0.5, 0.6) is 0 Å². The fraction of sp³-hybridized carbons (Fsp3) is 0.231. The second-order valence-corrected chi connectivity index (χ2v) is 5.09. The quantitative estimate of drug-likeness (QED) is 0.848. The van der Waals surface area contributed by atoms with Crippen molar-refractivity contribution in [1.82, 2.24) is 5.16 Å². The minimum Gasteiger partial charge on any atom is -0.389 e. The van der Waals surface area contributed by atoms with E-state index in [0.717, 1.165) is 28.3 Å². The molecule has 19 heavy (non-hydrogen) atoms.